The molecule has 69 heavy (non-hydrogen) atoms. The zero-order valence-electron chi connectivity index (χ0n) is 45.2. The number of likely N-dealkylation sites (N-methyl/N-ethyl adjacent to an activating group) is 1. The number of phosphoric acid groups is 1. The molecule has 0 rings (SSSR count). The van der Waals surface area contributed by atoms with Gasteiger partial charge in [-0.05, 0) is 77.0 Å². The third kappa shape index (κ3) is 53.1. The quantitative estimate of drug-likeness (QED) is 0.0272. The Morgan fingerprint density at radius 2 is 0.884 bits per heavy atom. The van der Waals surface area contributed by atoms with Crippen molar-refractivity contribution >= 4 is 13.7 Å². The van der Waals surface area contributed by atoms with Gasteiger partial charge in [-0.2, -0.15) is 0 Å². The molecule has 0 aliphatic heterocycles. The third-order valence-corrected chi connectivity index (χ3v) is 13.0. The van der Waals surface area contributed by atoms with E-state index >= 15 is 0 Å². The lowest BCUT2D eigenvalue weighted by Crippen LogP contribution is -2.45. The summed E-state index contributed by atoms with van der Waals surface area (Å²) < 4.78 is 23.1. The van der Waals surface area contributed by atoms with Crippen molar-refractivity contribution in [1.29, 1.82) is 0 Å². The molecule has 1 amide bonds. The van der Waals surface area contributed by atoms with Crippen LogP contribution in [0.5, 0.6) is 0 Å². The molecule has 0 heterocycles. The molecular weight excluding hydrogens is 876 g/mol. The van der Waals surface area contributed by atoms with E-state index in [0.29, 0.717) is 17.4 Å². The fourth-order valence-electron chi connectivity index (χ4n) is 7.66. The second-order valence-electron chi connectivity index (χ2n) is 19.9. The van der Waals surface area contributed by atoms with E-state index in [-0.39, 0.29) is 19.1 Å². The highest BCUT2D eigenvalue weighted by Gasteiger charge is 2.23. The summed E-state index contributed by atoms with van der Waals surface area (Å²) in [5.74, 6) is -0.204. The average molecular weight is 983 g/mol. The minimum atomic E-state index is -4.58. The molecular formula is C60H107N2O6P. The number of allylic oxidation sites excluding steroid dienone is 15. The van der Waals surface area contributed by atoms with Crippen LogP contribution in [0.4, 0.5) is 0 Å². The van der Waals surface area contributed by atoms with Crippen LogP contribution in [0.25, 0.3) is 0 Å². The fourth-order valence-corrected chi connectivity index (χ4v) is 8.39. The molecule has 0 bridgehead atoms. The molecule has 0 aromatic carbocycles. The number of aliphatic hydroxyl groups is 1. The fraction of sp³-hybridized carbons (Fsp3) is 0.717. The number of aliphatic hydroxyl groups excluding tert-OH is 1. The first kappa shape index (κ1) is 66.4. The molecule has 0 aliphatic rings. The van der Waals surface area contributed by atoms with Crippen LogP contribution in [0, 0.1) is 0 Å². The molecule has 0 aliphatic carbocycles. The number of hydrogen-bond acceptors (Lipinski definition) is 6. The number of phosphoric ester groups is 1. The maximum absolute atomic E-state index is 12.8. The van der Waals surface area contributed by atoms with Gasteiger partial charge in [0.1, 0.15) is 13.2 Å². The van der Waals surface area contributed by atoms with Gasteiger partial charge in [-0.1, -0.05) is 239 Å². The van der Waals surface area contributed by atoms with Gasteiger partial charge in [0.2, 0.25) is 5.91 Å². The molecule has 0 saturated carbocycles. The number of carbonyl (C=O) groups is 1. The predicted molar refractivity (Wildman–Crippen MR) is 297 cm³/mol. The molecule has 9 heteroatoms. The maximum Gasteiger partial charge on any atom is 0.268 e. The van der Waals surface area contributed by atoms with Crippen molar-refractivity contribution in [2.75, 3.05) is 40.9 Å². The highest BCUT2D eigenvalue weighted by molar-refractivity contribution is 7.45. The number of rotatable bonds is 50. The molecule has 8 nitrogen and oxygen atoms in total. The van der Waals surface area contributed by atoms with E-state index in [2.05, 4.69) is 104 Å². The highest BCUT2D eigenvalue weighted by Crippen LogP contribution is 2.38. The van der Waals surface area contributed by atoms with Gasteiger partial charge in [0.05, 0.1) is 39.9 Å². The van der Waals surface area contributed by atoms with E-state index in [1.807, 2.05) is 27.2 Å². The minimum absolute atomic E-state index is 0.00351. The standard InChI is InChI=1S/C60H107N2O6P/c1-6-8-10-12-14-15-16-17-18-19-20-21-22-23-24-25-26-27-28-29-30-31-32-33-34-35-36-37-38-39-40-41-42-43-44-45-46-47-48-50-52-54-60(64)61-58(59(63)53-51-49-13-11-9-7-2)57-68-69(65,66)67-56-55-62(3,4)5/h8,10,14-15,17-18,20-21,23-24,26-27,29-30,51,53,58-59,63H,6-7,9,11-13,16,19,22,25,28,31-50,52,54-57H2,1-5H3,(H-,61,64,65,66)/b10-8-,15-14-,18-17-,21-20-,24-23-,27-26-,30-29-,53-51+. The summed E-state index contributed by atoms with van der Waals surface area (Å²) in [7, 11) is 1.25. The molecule has 0 aromatic heterocycles. The van der Waals surface area contributed by atoms with E-state index < -0.39 is 20.0 Å². The zero-order valence-corrected chi connectivity index (χ0v) is 46.1. The Hall–Kier alpha value is -2.58. The normalized spacial score (nSPS) is 14.7. The molecule has 0 aromatic rings. The average Bonchev–Trinajstić information content (AvgIpc) is 3.31. The number of unbranched alkanes of at least 4 members (excludes halogenated alkanes) is 23. The molecule has 3 atom stereocenters. The summed E-state index contributed by atoms with van der Waals surface area (Å²) in [5.41, 5.74) is 0. The first-order valence-corrected chi connectivity index (χ1v) is 29.6. The largest absolute Gasteiger partial charge is 0.756 e. The van der Waals surface area contributed by atoms with Gasteiger partial charge >= 0.3 is 0 Å². The summed E-state index contributed by atoms with van der Waals surface area (Å²) in [4.78, 5) is 25.2. The SMILES string of the molecule is CC/C=C\C/C=C\C/C=C\C/C=C\C/C=C\C/C=C\C/C=C\CCCCCCCCCCCCCCCCCCCCCC(=O)NC(COP(=O)([O-])OCC[N+](C)(C)C)C(O)/C=C/CCCCCC. The van der Waals surface area contributed by atoms with Crippen molar-refractivity contribution in [2.45, 2.75) is 238 Å². The van der Waals surface area contributed by atoms with Crippen molar-refractivity contribution in [2.24, 2.45) is 0 Å². The summed E-state index contributed by atoms with van der Waals surface area (Å²) in [5, 5.41) is 13.6. The minimum Gasteiger partial charge on any atom is -0.756 e. The van der Waals surface area contributed by atoms with Gasteiger partial charge in [-0.25, -0.2) is 0 Å². The number of hydrogen-bond donors (Lipinski definition) is 2. The zero-order chi connectivity index (χ0) is 50.6. The molecule has 0 spiro atoms. The first-order chi connectivity index (χ1) is 33.5. The Kier molecular flexibility index (Phi) is 48.5. The summed E-state index contributed by atoms with van der Waals surface area (Å²) in [6, 6.07) is -0.885. The molecule has 0 fully saturated rings. The Bertz CT molecular complexity index is 1440. The van der Waals surface area contributed by atoms with Crippen LogP contribution in [0.15, 0.2) is 97.2 Å². The van der Waals surface area contributed by atoms with Crippen LogP contribution in [0.1, 0.15) is 226 Å². The summed E-state index contributed by atoms with van der Waals surface area (Å²) in [6.45, 7) is 4.44. The van der Waals surface area contributed by atoms with Crippen molar-refractivity contribution in [1.82, 2.24) is 5.32 Å². The second-order valence-corrected chi connectivity index (χ2v) is 21.3. The second kappa shape index (κ2) is 50.4. The number of nitrogens with one attached hydrogen (secondary N) is 1. The highest BCUT2D eigenvalue weighted by atomic mass is 31.2. The Balaban J connectivity index is 3.79. The maximum atomic E-state index is 12.8. The molecule has 398 valence electrons. The van der Waals surface area contributed by atoms with E-state index in [0.717, 1.165) is 89.9 Å². The number of nitrogens with zero attached hydrogens (tertiary/aromatic N) is 1. The van der Waals surface area contributed by atoms with Gasteiger partial charge in [0, 0.05) is 6.42 Å². The number of carbonyl (C=O) groups excluding carboxylic acids is 1. The lowest BCUT2D eigenvalue weighted by atomic mass is 10.0. The van der Waals surface area contributed by atoms with Crippen LogP contribution in [0.2, 0.25) is 0 Å². The van der Waals surface area contributed by atoms with Gasteiger partial charge in [0.25, 0.3) is 7.82 Å². The molecule has 2 N–H and O–H groups in total. The number of amides is 1. The molecule has 0 radical (unpaired) electrons. The van der Waals surface area contributed by atoms with E-state index in [4.69, 9.17) is 9.05 Å². The molecule has 0 saturated heterocycles. The lowest BCUT2D eigenvalue weighted by molar-refractivity contribution is -0.870. The predicted octanol–water partition coefficient (Wildman–Crippen LogP) is 16.4. The Morgan fingerprint density at radius 1 is 0.522 bits per heavy atom. The van der Waals surface area contributed by atoms with Crippen molar-refractivity contribution in [3.63, 3.8) is 0 Å². The lowest BCUT2D eigenvalue weighted by Gasteiger charge is -2.29. The Labute approximate surface area is 426 Å². The van der Waals surface area contributed by atoms with Gasteiger partial charge in [0.15, 0.2) is 0 Å². The van der Waals surface area contributed by atoms with Crippen LogP contribution >= 0.6 is 7.82 Å². The van der Waals surface area contributed by atoms with E-state index in [9.17, 15) is 19.4 Å². The van der Waals surface area contributed by atoms with Gasteiger partial charge in [-0.15, -0.1) is 0 Å². The smallest absolute Gasteiger partial charge is 0.268 e. The van der Waals surface area contributed by atoms with Crippen LogP contribution in [-0.4, -0.2) is 68.5 Å². The van der Waals surface area contributed by atoms with Crippen molar-refractivity contribution in [3.05, 3.63) is 97.2 Å². The Morgan fingerprint density at radius 3 is 1.29 bits per heavy atom. The summed E-state index contributed by atoms with van der Waals surface area (Å²) >= 11 is 0. The number of quaternary nitrogens is 1. The monoisotopic (exact) mass is 983 g/mol. The van der Waals surface area contributed by atoms with E-state index in [1.165, 1.54) is 116 Å². The van der Waals surface area contributed by atoms with Gasteiger partial charge in [-0.3, -0.25) is 9.36 Å². The summed E-state index contributed by atoms with van der Waals surface area (Å²) in [6.07, 6.45) is 72.6. The van der Waals surface area contributed by atoms with Crippen LogP contribution in [-0.2, 0) is 18.4 Å². The van der Waals surface area contributed by atoms with E-state index in [1.54, 1.807) is 6.08 Å². The first-order valence-electron chi connectivity index (χ1n) is 28.1. The van der Waals surface area contributed by atoms with Gasteiger partial charge < -0.3 is 28.8 Å². The molecule has 3 unspecified atom stereocenters. The van der Waals surface area contributed by atoms with Crippen molar-refractivity contribution in [3.8, 4) is 0 Å². The van der Waals surface area contributed by atoms with Crippen LogP contribution in [0.3, 0.4) is 0 Å². The topological polar surface area (TPSA) is 108 Å². The third-order valence-electron chi connectivity index (χ3n) is 12.0. The van der Waals surface area contributed by atoms with Crippen molar-refractivity contribution < 1.29 is 32.9 Å². The van der Waals surface area contributed by atoms with Crippen LogP contribution < -0.4 is 10.2 Å².